The molecule has 0 radical (unpaired) electrons. The lowest BCUT2D eigenvalue weighted by molar-refractivity contribution is 0.0525. The highest BCUT2D eigenvalue weighted by Gasteiger charge is 2.31. The van der Waals surface area contributed by atoms with E-state index in [4.69, 9.17) is 9.47 Å². The molecule has 0 aliphatic heterocycles. The van der Waals surface area contributed by atoms with Crippen LogP contribution >= 0.6 is 0 Å². The fourth-order valence-electron chi connectivity index (χ4n) is 2.99. The average molecular weight is 372 g/mol. The minimum Gasteiger partial charge on any atom is -0.462 e. The second kappa shape index (κ2) is 8.88. The Bertz CT molecular complexity index is 973. The minimum atomic E-state index is -0.508. The molecule has 0 N–H and O–H groups in total. The van der Waals surface area contributed by atoms with E-state index in [2.05, 4.69) is 11.8 Å². The molecule has 0 amide bonds. The van der Waals surface area contributed by atoms with Crippen molar-refractivity contribution in [2.75, 3.05) is 13.2 Å². The summed E-state index contributed by atoms with van der Waals surface area (Å²) in [6, 6.07) is 18.4. The average Bonchev–Trinajstić information content (AvgIpc) is 2.82. The zero-order chi connectivity index (χ0) is 19.9. The number of carbonyl (C=O) groups is 2. The van der Waals surface area contributed by atoms with Crippen molar-refractivity contribution >= 4 is 11.9 Å². The van der Waals surface area contributed by atoms with Gasteiger partial charge >= 0.3 is 11.9 Å². The highest BCUT2D eigenvalue weighted by Crippen LogP contribution is 2.37. The van der Waals surface area contributed by atoms with Crippen LogP contribution in [0.4, 0.5) is 0 Å². The zero-order valence-electron chi connectivity index (χ0n) is 15.8. The number of ether oxygens (including phenoxy) is 2. The molecule has 0 fully saturated rings. The topological polar surface area (TPSA) is 52.6 Å². The Morgan fingerprint density at radius 3 is 1.64 bits per heavy atom. The molecule has 0 saturated heterocycles. The normalized spacial score (nSPS) is 10.1. The summed E-state index contributed by atoms with van der Waals surface area (Å²) in [5.74, 6) is 5.05. The van der Waals surface area contributed by atoms with Crippen molar-refractivity contribution in [1.82, 2.24) is 0 Å². The molecule has 2 aliphatic rings. The number of rotatable bonds is 4. The van der Waals surface area contributed by atoms with Crippen LogP contribution in [0, 0.1) is 11.8 Å². The molecule has 0 spiro atoms. The van der Waals surface area contributed by atoms with Crippen molar-refractivity contribution in [3.8, 4) is 23.0 Å². The van der Waals surface area contributed by atoms with Crippen LogP contribution in [-0.2, 0) is 9.47 Å². The van der Waals surface area contributed by atoms with Crippen LogP contribution in [0.2, 0.25) is 0 Å². The third-order valence-electron chi connectivity index (χ3n) is 4.14. The molecule has 0 aromatic heterocycles. The lowest BCUT2D eigenvalue weighted by atomic mass is 10.1. The lowest BCUT2D eigenvalue weighted by Crippen LogP contribution is -2.09. The summed E-state index contributed by atoms with van der Waals surface area (Å²) >= 11 is 0. The predicted octanol–water partition coefficient (Wildman–Crippen LogP) is 4.54. The number of benzene rings is 1. The van der Waals surface area contributed by atoms with Crippen LogP contribution in [-0.4, -0.2) is 25.2 Å². The smallest absolute Gasteiger partial charge is 0.340 e. The van der Waals surface area contributed by atoms with Gasteiger partial charge in [0.1, 0.15) is 0 Å². The van der Waals surface area contributed by atoms with E-state index in [1.54, 1.807) is 26.0 Å². The molecule has 0 saturated carbocycles. The first-order valence-corrected chi connectivity index (χ1v) is 9.13. The summed E-state index contributed by atoms with van der Waals surface area (Å²) in [6.45, 7) is 3.94. The van der Waals surface area contributed by atoms with E-state index in [9.17, 15) is 9.59 Å². The standard InChI is InChI=1S/C24H20O4/c1-3-27-23(25)21-18-13-9-6-10-14-19(18)22(24(26)28-4-2)20(21)16-15-17-11-7-5-8-12-17/h5-14H,3-4H2,1-2H3. The number of carbonyl (C=O) groups excluding carboxylic acids is 2. The van der Waals surface area contributed by atoms with Crippen molar-refractivity contribution in [1.29, 1.82) is 0 Å². The Morgan fingerprint density at radius 2 is 1.18 bits per heavy atom. The van der Waals surface area contributed by atoms with Gasteiger partial charge in [-0.25, -0.2) is 9.59 Å². The van der Waals surface area contributed by atoms with Gasteiger partial charge in [-0.2, -0.15) is 0 Å². The third kappa shape index (κ3) is 3.89. The van der Waals surface area contributed by atoms with Gasteiger partial charge < -0.3 is 9.47 Å². The number of hydrogen-bond acceptors (Lipinski definition) is 4. The Kier molecular flexibility index (Phi) is 6.08. The maximum atomic E-state index is 12.7. The number of fused-ring (bicyclic) bond motifs is 1. The van der Waals surface area contributed by atoms with Crippen LogP contribution in [0.25, 0.3) is 11.1 Å². The molecule has 140 valence electrons. The molecule has 2 aliphatic carbocycles. The summed E-state index contributed by atoms with van der Waals surface area (Å²) in [5.41, 5.74) is 2.93. The van der Waals surface area contributed by atoms with Gasteiger partial charge in [-0.1, -0.05) is 60.4 Å². The maximum absolute atomic E-state index is 12.7. The molecular formula is C24H20O4. The summed E-state index contributed by atoms with van der Waals surface area (Å²) in [4.78, 5) is 25.5. The molecule has 28 heavy (non-hydrogen) atoms. The summed E-state index contributed by atoms with van der Waals surface area (Å²) < 4.78 is 10.5. The van der Waals surface area contributed by atoms with E-state index < -0.39 is 11.9 Å². The molecular weight excluding hydrogens is 352 g/mol. The first-order valence-electron chi connectivity index (χ1n) is 9.13. The van der Waals surface area contributed by atoms with E-state index in [1.807, 2.05) is 48.5 Å². The van der Waals surface area contributed by atoms with E-state index in [-0.39, 0.29) is 13.2 Å². The van der Waals surface area contributed by atoms with E-state index in [0.717, 1.165) is 5.56 Å². The summed E-state index contributed by atoms with van der Waals surface area (Å²) in [6.07, 6.45) is 0. The van der Waals surface area contributed by atoms with E-state index in [0.29, 0.717) is 27.8 Å². The molecule has 0 bridgehead atoms. The van der Waals surface area contributed by atoms with Crippen LogP contribution in [0.15, 0.2) is 60.7 Å². The van der Waals surface area contributed by atoms with Crippen molar-refractivity contribution in [2.45, 2.75) is 13.8 Å². The molecule has 0 atom stereocenters. The summed E-state index contributed by atoms with van der Waals surface area (Å²) in [7, 11) is 0. The molecule has 1 aromatic carbocycles. The highest BCUT2D eigenvalue weighted by molar-refractivity contribution is 6.11. The van der Waals surface area contributed by atoms with Crippen molar-refractivity contribution in [2.24, 2.45) is 0 Å². The molecule has 4 heteroatoms. The number of esters is 2. The Hall–Kier alpha value is -3.58. The van der Waals surface area contributed by atoms with Gasteiger partial charge in [-0.3, -0.25) is 0 Å². The van der Waals surface area contributed by atoms with Crippen LogP contribution in [0.3, 0.4) is 0 Å². The van der Waals surface area contributed by atoms with Gasteiger partial charge in [0.2, 0.25) is 0 Å². The lowest BCUT2D eigenvalue weighted by Gasteiger charge is -2.03. The zero-order valence-corrected chi connectivity index (χ0v) is 15.8. The van der Waals surface area contributed by atoms with Crippen molar-refractivity contribution in [3.05, 3.63) is 82.9 Å². The largest absolute Gasteiger partial charge is 0.462 e. The fraction of sp³-hybridized carbons (Fsp3) is 0.167. The first-order chi connectivity index (χ1) is 13.7. The Labute approximate surface area is 164 Å². The molecule has 0 heterocycles. The molecule has 3 rings (SSSR count). The van der Waals surface area contributed by atoms with Gasteiger partial charge in [0.25, 0.3) is 0 Å². The second-order valence-electron chi connectivity index (χ2n) is 5.92. The third-order valence-corrected chi connectivity index (χ3v) is 4.14. The van der Waals surface area contributed by atoms with Crippen molar-refractivity contribution in [3.63, 3.8) is 0 Å². The maximum Gasteiger partial charge on any atom is 0.340 e. The van der Waals surface area contributed by atoms with Gasteiger partial charge in [-0.05, 0) is 37.1 Å². The van der Waals surface area contributed by atoms with Gasteiger partial charge in [0.15, 0.2) is 0 Å². The van der Waals surface area contributed by atoms with Gasteiger partial charge in [-0.15, -0.1) is 0 Å². The van der Waals surface area contributed by atoms with Crippen LogP contribution in [0.5, 0.6) is 0 Å². The quantitative estimate of drug-likeness (QED) is 0.498. The molecule has 1 aromatic rings. The van der Waals surface area contributed by atoms with Gasteiger partial charge in [0, 0.05) is 5.56 Å². The minimum absolute atomic E-state index is 0.227. The fourth-order valence-corrected chi connectivity index (χ4v) is 2.99. The summed E-state index contributed by atoms with van der Waals surface area (Å²) in [5, 5.41) is 0. The monoisotopic (exact) mass is 372 g/mol. The Morgan fingerprint density at radius 1 is 0.714 bits per heavy atom. The Balaban J connectivity index is 2.31. The van der Waals surface area contributed by atoms with E-state index >= 15 is 0 Å². The van der Waals surface area contributed by atoms with Crippen LogP contribution in [0.1, 0.15) is 45.7 Å². The predicted molar refractivity (Wildman–Crippen MR) is 107 cm³/mol. The van der Waals surface area contributed by atoms with Crippen molar-refractivity contribution < 1.29 is 19.1 Å². The highest BCUT2D eigenvalue weighted by atomic mass is 16.5. The SMILES string of the molecule is CCOC(=O)c1c2cccccc-2c(C(=O)OCC)c1C#Cc1ccccc1. The van der Waals surface area contributed by atoms with Gasteiger partial charge in [0.05, 0.1) is 29.9 Å². The second-order valence-corrected chi connectivity index (χ2v) is 5.92. The number of hydrogen-bond donors (Lipinski definition) is 0. The molecule has 0 unspecified atom stereocenters. The first kappa shape index (κ1) is 19.2. The van der Waals surface area contributed by atoms with Crippen LogP contribution < -0.4 is 0 Å². The molecule has 4 nitrogen and oxygen atoms in total. The van der Waals surface area contributed by atoms with E-state index in [1.165, 1.54) is 0 Å².